The number of likely N-dealkylation sites (N-methyl/N-ethyl adjacent to an activating group) is 1. The van der Waals surface area contributed by atoms with Gasteiger partial charge in [0.15, 0.2) is 6.10 Å². The van der Waals surface area contributed by atoms with E-state index in [1.165, 1.54) is 11.9 Å². The molecule has 0 saturated carbocycles. The summed E-state index contributed by atoms with van der Waals surface area (Å²) in [7, 11) is 1.54. The Morgan fingerprint density at radius 3 is 2.82 bits per heavy atom. The van der Waals surface area contributed by atoms with Gasteiger partial charge in [0.05, 0.1) is 11.5 Å². The quantitative estimate of drug-likeness (QED) is 0.524. The molecule has 6 heteroatoms. The van der Waals surface area contributed by atoms with E-state index in [1.807, 2.05) is 12.0 Å². The lowest BCUT2D eigenvalue weighted by Crippen LogP contribution is -2.47. The van der Waals surface area contributed by atoms with Crippen LogP contribution in [0.1, 0.15) is 19.8 Å². The van der Waals surface area contributed by atoms with Crippen molar-refractivity contribution in [3.05, 3.63) is 0 Å². The van der Waals surface area contributed by atoms with Gasteiger partial charge in [-0.15, -0.1) is 0 Å². The highest BCUT2D eigenvalue weighted by Gasteiger charge is 2.66. The third kappa shape index (κ3) is 1.26. The predicted octanol–water partition coefficient (Wildman–Crippen LogP) is 0.533. The van der Waals surface area contributed by atoms with E-state index >= 15 is 0 Å². The van der Waals surface area contributed by atoms with Gasteiger partial charge in [-0.1, -0.05) is 15.9 Å². The molecule has 0 spiro atoms. The molecule has 0 N–H and O–H groups in total. The van der Waals surface area contributed by atoms with Gasteiger partial charge in [0.1, 0.15) is 0 Å². The van der Waals surface area contributed by atoms with Crippen molar-refractivity contribution >= 4 is 27.7 Å². The molecular formula is C11H15BrN2O3. The van der Waals surface area contributed by atoms with Crippen molar-refractivity contribution in [1.82, 2.24) is 9.96 Å². The summed E-state index contributed by atoms with van der Waals surface area (Å²) in [4.78, 5) is 31.0. The van der Waals surface area contributed by atoms with E-state index in [4.69, 9.17) is 4.84 Å². The van der Waals surface area contributed by atoms with E-state index in [9.17, 15) is 9.59 Å². The number of fused-ring (bicyclic) bond motifs is 3. The Morgan fingerprint density at radius 1 is 1.47 bits per heavy atom. The van der Waals surface area contributed by atoms with Gasteiger partial charge in [0.25, 0.3) is 5.91 Å². The number of halogens is 1. The molecule has 3 heterocycles. The first-order valence-corrected chi connectivity index (χ1v) is 6.96. The highest BCUT2D eigenvalue weighted by molar-refractivity contribution is 9.09. The lowest BCUT2D eigenvalue weighted by molar-refractivity contribution is -0.194. The Labute approximate surface area is 108 Å². The van der Waals surface area contributed by atoms with E-state index < -0.39 is 6.10 Å². The zero-order valence-corrected chi connectivity index (χ0v) is 11.4. The third-order valence-corrected chi connectivity index (χ3v) is 5.11. The van der Waals surface area contributed by atoms with Crippen molar-refractivity contribution in [1.29, 1.82) is 0 Å². The molecule has 0 unspecified atom stereocenters. The largest absolute Gasteiger partial charge is 0.284 e. The summed E-state index contributed by atoms with van der Waals surface area (Å²) in [5, 5.41) is 2.69. The Bertz CT molecular complexity index is 402. The number of rotatable bonds is 1. The lowest BCUT2D eigenvalue weighted by Gasteiger charge is -2.31. The lowest BCUT2D eigenvalue weighted by atomic mass is 9.82. The second-order valence-electron chi connectivity index (χ2n) is 5.27. The molecule has 3 aliphatic rings. The molecule has 3 rings (SSSR count). The predicted molar refractivity (Wildman–Crippen MR) is 63.2 cm³/mol. The zero-order chi connectivity index (χ0) is 12.4. The molecule has 3 aliphatic heterocycles. The van der Waals surface area contributed by atoms with E-state index in [1.54, 1.807) is 0 Å². The van der Waals surface area contributed by atoms with E-state index in [-0.39, 0.29) is 29.3 Å². The minimum Gasteiger partial charge on any atom is -0.284 e. The number of alkyl halides is 1. The number of hydroxylamine groups is 2. The summed E-state index contributed by atoms with van der Waals surface area (Å²) in [6, 6.07) is 0.261. The maximum absolute atomic E-state index is 12.1. The monoisotopic (exact) mass is 302 g/mol. The fourth-order valence-electron chi connectivity index (χ4n) is 3.34. The van der Waals surface area contributed by atoms with Crippen LogP contribution in [0, 0.1) is 5.92 Å². The molecule has 94 valence electrons. The van der Waals surface area contributed by atoms with E-state index in [0.29, 0.717) is 0 Å². The highest BCUT2D eigenvalue weighted by atomic mass is 79.9. The molecule has 0 radical (unpaired) electrons. The number of carbonyl (C=O) groups excluding carboxylic acids is 2. The van der Waals surface area contributed by atoms with Crippen LogP contribution in [0.3, 0.4) is 0 Å². The molecule has 0 aromatic carbocycles. The number of imide groups is 1. The molecule has 0 aromatic rings. The van der Waals surface area contributed by atoms with Crippen molar-refractivity contribution in [3.8, 4) is 0 Å². The third-order valence-electron chi connectivity index (χ3n) is 4.37. The number of nitrogens with zero attached hydrogens (tertiary/aromatic N) is 2. The maximum Gasteiger partial charge on any atom is 0.261 e. The van der Waals surface area contributed by atoms with E-state index in [2.05, 4.69) is 15.9 Å². The summed E-state index contributed by atoms with van der Waals surface area (Å²) in [5.41, 5.74) is -0.319. The molecule has 17 heavy (non-hydrogen) atoms. The van der Waals surface area contributed by atoms with Gasteiger partial charge in [-0.25, -0.2) is 0 Å². The number of amides is 2. The van der Waals surface area contributed by atoms with Crippen molar-refractivity contribution in [2.75, 3.05) is 12.4 Å². The van der Waals surface area contributed by atoms with Gasteiger partial charge < -0.3 is 0 Å². The number of hydrogen-bond acceptors (Lipinski definition) is 4. The summed E-state index contributed by atoms with van der Waals surface area (Å²) in [6.45, 7) is 2.03. The summed E-state index contributed by atoms with van der Waals surface area (Å²) < 4.78 is 0. The molecule has 3 fully saturated rings. The molecular weight excluding hydrogens is 288 g/mol. The van der Waals surface area contributed by atoms with Crippen LogP contribution >= 0.6 is 15.9 Å². The summed E-state index contributed by atoms with van der Waals surface area (Å²) >= 11 is 3.46. The Kier molecular flexibility index (Phi) is 2.41. The van der Waals surface area contributed by atoms with Crippen molar-refractivity contribution in [3.63, 3.8) is 0 Å². The highest BCUT2D eigenvalue weighted by Crippen LogP contribution is 2.50. The van der Waals surface area contributed by atoms with Gasteiger partial charge in [-0.2, -0.15) is 5.06 Å². The van der Waals surface area contributed by atoms with Crippen LogP contribution in [0.5, 0.6) is 0 Å². The number of likely N-dealkylation sites (tertiary alicyclic amines) is 1. The van der Waals surface area contributed by atoms with Crippen LogP contribution < -0.4 is 0 Å². The molecule has 0 bridgehead atoms. The normalized spacial score (nSPS) is 45.6. The molecule has 0 aliphatic carbocycles. The molecule has 0 aromatic heterocycles. The average Bonchev–Trinajstić information content (AvgIpc) is 2.84. The number of hydrogen-bond donors (Lipinski definition) is 0. The Hall–Kier alpha value is -0.460. The van der Waals surface area contributed by atoms with Crippen LogP contribution in [0.2, 0.25) is 0 Å². The Morgan fingerprint density at radius 2 is 2.18 bits per heavy atom. The molecule has 5 nitrogen and oxygen atoms in total. The zero-order valence-electron chi connectivity index (χ0n) is 9.85. The number of carbonyl (C=O) groups is 2. The minimum absolute atomic E-state index is 0.0970. The van der Waals surface area contributed by atoms with E-state index in [0.717, 1.165) is 18.2 Å². The molecule has 2 amide bonds. The Balaban J connectivity index is 1.98. The van der Waals surface area contributed by atoms with Gasteiger partial charge in [-0.3, -0.25) is 19.3 Å². The van der Waals surface area contributed by atoms with Crippen LogP contribution in [0.15, 0.2) is 0 Å². The standard InChI is InChI=1S/C11H15BrN2O3/c1-11-4-3-6(5-12)14(11)17-8-7(11)9(15)13(2)10(8)16/h6-8H,3-5H2,1-2H3/t6-,7+,8-,11-/m1/s1. The van der Waals surface area contributed by atoms with Crippen LogP contribution in [0.4, 0.5) is 0 Å². The average molecular weight is 303 g/mol. The topological polar surface area (TPSA) is 49.9 Å². The smallest absolute Gasteiger partial charge is 0.261 e. The second-order valence-corrected chi connectivity index (χ2v) is 5.92. The van der Waals surface area contributed by atoms with Crippen molar-refractivity contribution < 1.29 is 14.4 Å². The van der Waals surface area contributed by atoms with Crippen LogP contribution in [-0.4, -0.2) is 51.8 Å². The van der Waals surface area contributed by atoms with Gasteiger partial charge in [-0.05, 0) is 19.8 Å². The first-order valence-electron chi connectivity index (χ1n) is 5.84. The van der Waals surface area contributed by atoms with Gasteiger partial charge in [0, 0.05) is 18.4 Å². The van der Waals surface area contributed by atoms with Crippen molar-refractivity contribution in [2.45, 2.75) is 37.5 Å². The first kappa shape index (κ1) is 11.6. The fraction of sp³-hybridized carbons (Fsp3) is 0.818. The SMILES string of the molecule is CN1C(=O)[C@@H]2[C@@H](ON3[C@@H](CBr)CC[C@]23C)C1=O. The first-order chi connectivity index (χ1) is 8.00. The van der Waals surface area contributed by atoms with Gasteiger partial charge in [0.2, 0.25) is 5.91 Å². The van der Waals surface area contributed by atoms with Crippen LogP contribution in [0.25, 0.3) is 0 Å². The molecule has 4 atom stereocenters. The van der Waals surface area contributed by atoms with Crippen LogP contribution in [-0.2, 0) is 14.4 Å². The minimum atomic E-state index is -0.598. The second kappa shape index (κ2) is 3.52. The summed E-state index contributed by atoms with van der Waals surface area (Å²) in [6.07, 6.45) is 1.30. The maximum atomic E-state index is 12.1. The summed E-state index contributed by atoms with van der Waals surface area (Å²) in [5.74, 6) is -0.631. The van der Waals surface area contributed by atoms with Crippen molar-refractivity contribution in [2.24, 2.45) is 5.92 Å². The molecule has 3 saturated heterocycles. The van der Waals surface area contributed by atoms with Gasteiger partial charge >= 0.3 is 0 Å². The fourth-order valence-corrected chi connectivity index (χ4v) is 3.93.